The van der Waals surface area contributed by atoms with Gasteiger partial charge in [-0.3, -0.25) is 9.89 Å². The molecule has 1 amide bonds. The summed E-state index contributed by atoms with van der Waals surface area (Å²) in [7, 11) is 0. The Morgan fingerprint density at radius 2 is 2.03 bits per heavy atom. The number of nitrogens with one attached hydrogen (secondary N) is 2. The molecule has 0 spiro atoms. The van der Waals surface area contributed by atoms with Gasteiger partial charge < -0.3 is 16.8 Å². The number of carbonyl (C=O) groups excluding carboxylic acids is 1. The van der Waals surface area contributed by atoms with Crippen LogP contribution < -0.4 is 16.8 Å². The van der Waals surface area contributed by atoms with Crippen LogP contribution in [0.25, 0.3) is 33.4 Å². The summed E-state index contributed by atoms with van der Waals surface area (Å²) in [5.41, 5.74) is 16.7. The quantitative estimate of drug-likeness (QED) is 0.402. The SMILES string of the molecule is Cc1ccc2[nH]ncc2c1-c1cc(-c2ccnc(NC3CC3)n2)nc(C(N)=O)c1N. The number of hydrogen-bond donors (Lipinski definition) is 4. The molecule has 0 radical (unpaired) electrons. The number of nitrogens with two attached hydrogens (primary N) is 2. The number of nitrogens with zero attached hydrogens (tertiary/aromatic N) is 4. The molecule has 5 rings (SSSR count). The summed E-state index contributed by atoms with van der Waals surface area (Å²) in [5.74, 6) is -0.165. The molecule has 3 heterocycles. The largest absolute Gasteiger partial charge is 0.396 e. The highest BCUT2D eigenvalue weighted by molar-refractivity contribution is 6.05. The molecule has 0 atom stereocenters. The van der Waals surface area contributed by atoms with Crippen LogP contribution in [0.3, 0.4) is 0 Å². The fourth-order valence-electron chi connectivity index (χ4n) is 3.55. The summed E-state index contributed by atoms with van der Waals surface area (Å²) < 4.78 is 0. The molecule has 150 valence electrons. The Balaban J connectivity index is 1.72. The van der Waals surface area contributed by atoms with Crippen LogP contribution in [0.1, 0.15) is 28.9 Å². The molecule has 0 aliphatic heterocycles. The zero-order chi connectivity index (χ0) is 20.8. The third kappa shape index (κ3) is 3.10. The molecule has 1 saturated carbocycles. The Labute approximate surface area is 171 Å². The predicted octanol–water partition coefficient (Wildman–Crippen LogP) is 2.65. The van der Waals surface area contributed by atoms with E-state index in [1.54, 1.807) is 18.5 Å². The molecule has 4 aromatic rings. The fraction of sp³-hybridized carbons (Fsp3) is 0.190. The second-order valence-electron chi connectivity index (χ2n) is 7.45. The Morgan fingerprint density at radius 1 is 1.20 bits per heavy atom. The first-order chi connectivity index (χ1) is 14.5. The maximum atomic E-state index is 12.1. The van der Waals surface area contributed by atoms with Crippen LogP contribution in [0.5, 0.6) is 0 Å². The lowest BCUT2D eigenvalue weighted by Gasteiger charge is -2.15. The van der Waals surface area contributed by atoms with Gasteiger partial charge in [-0.05, 0) is 49.1 Å². The first kappa shape index (κ1) is 18.0. The molecule has 9 nitrogen and oxygen atoms in total. The number of amides is 1. The molecular weight excluding hydrogens is 380 g/mol. The van der Waals surface area contributed by atoms with Gasteiger partial charge in [0.1, 0.15) is 0 Å². The highest BCUT2D eigenvalue weighted by atomic mass is 16.1. The number of H-pyrrole nitrogens is 1. The molecule has 3 aromatic heterocycles. The third-order valence-electron chi connectivity index (χ3n) is 5.22. The average Bonchev–Trinajstić information content (AvgIpc) is 3.41. The Bertz CT molecular complexity index is 1290. The van der Waals surface area contributed by atoms with Gasteiger partial charge in [0, 0.05) is 23.2 Å². The van der Waals surface area contributed by atoms with Crippen molar-refractivity contribution in [1.29, 1.82) is 0 Å². The van der Waals surface area contributed by atoms with Gasteiger partial charge in [-0.25, -0.2) is 15.0 Å². The number of anilines is 2. The van der Waals surface area contributed by atoms with Crippen LogP contribution in [-0.4, -0.2) is 37.1 Å². The molecule has 6 N–H and O–H groups in total. The van der Waals surface area contributed by atoms with Crippen molar-refractivity contribution < 1.29 is 4.79 Å². The van der Waals surface area contributed by atoms with E-state index < -0.39 is 5.91 Å². The van der Waals surface area contributed by atoms with Crippen LogP contribution in [0.15, 0.2) is 36.7 Å². The minimum Gasteiger partial charge on any atom is -0.396 e. The third-order valence-corrected chi connectivity index (χ3v) is 5.22. The lowest BCUT2D eigenvalue weighted by Crippen LogP contribution is -2.17. The van der Waals surface area contributed by atoms with Crippen molar-refractivity contribution in [3.05, 3.63) is 47.9 Å². The lowest BCUT2D eigenvalue weighted by molar-refractivity contribution is 0.0996. The van der Waals surface area contributed by atoms with E-state index in [0.29, 0.717) is 28.9 Å². The molecule has 1 aromatic carbocycles. The van der Waals surface area contributed by atoms with E-state index in [0.717, 1.165) is 34.9 Å². The van der Waals surface area contributed by atoms with E-state index in [-0.39, 0.29) is 11.4 Å². The number of pyridine rings is 1. The van der Waals surface area contributed by atoms with Gasteiger partial charge in [0.05, 0.1) is 28.8 Å². The topological polar surface area (TPSA) is 148 Å². The number of benzene rings is 1. The van der Waals surface area contributed by atoms with E-state index in [9.17, 15) is 4.79 Å². The zero-order valence-corrected chi connectivity index (χ0v) is 16.3. The highest BCUT2D eigenvalue weighted by Gasteiger charge is 2.23. The van der Waals surface area contributed by atoms with Crippen molar-refractivity contribution in [2.45, 2.75) is 25.8 Å². The van der Waals surface area contributed by atoms with Crippen molar-refractivity contribution in [2.24, 2.45) is 5.73 Å². The first-order valence-electron chi connectivity index (χ1n) is 9.64. The predicted molar refractivity (Wildman–Crippen MR) is 115 cm³/mol. The number of rotatable bonds is 5. The van der Waals surface area contributed by atoms with E-state index >= 15 is 0 Å². The molecule has 0 bridgehead atoms. The van der Waals surface area contributed by atoms with Crippen molar-refractivity contribution in [3.8, 4) is 22.5 Å². The summed E-state index contributed by atoms with van der Waals surface area (Å²) in [6.07, 6.45) is 5.62. The first-order valence-corrected chi connectivity index (χ1v) is 9.64. The summed E-state index contributed by atoms with van der Waals surface area (Å²) in [6.45, 7) is 1.98. The van der Waals surface area contributed by atoms with Crippen LogP contribution in [-0.2, 0) is 0 Å². The van der Waals surface area contributed by atoms with Crippen molar-refractivity contribution in [1.82, 2.24) is 25.1 Å². The molecule has 0 unspecified atom stereocenters. The summed E-state index contributed by atoms with van der Waals surface area (Å²) in [5, 5.41) is 11.3. The Morgan fingerprint density at radius 3 is 2.80 bits per heavy atom. The summed E-state index contributed by atoms with van der Waals surface area (Å²) in [4.78, 5) is 25.4. The van der Waals surface area contributed by atoms with Gasteiger partial charge in [-0.1, -0.05) is 6.07 Å². The van der Waals surface area contributed by atoms with Crippen molar-refractivity contribution in [3.63, 3.8) is 0 Å². The van der Waals surface area contributed by atoms with Crippen LogP contribution in [0.4, 0.5) is 11.6 Å². The molecule has 1 aliphatic carbocycles. The number of aromatic nitrogens is 5. The Kier molecular flexibility index (Phi) is 4.09. The second-order valence-corrected chi connectivity index (χ2v) is 7.45. The number of fused-ring (bicyclic) bond motifs is 1. The Hall–Kier alpha value is -4.01. The standard InChI is InChI=1S/C21H20N8O/c1-10-2-5-14-13(9-25-29-14)17(10)12-8-16(27-19(18(12)22)20(23)30)15-6-7-24-21(28-15)26-11-3-4-11/h2,5-9,11H,3-4,22H2,1H3,(H2,23,30)(H,25,29)(H,24,26,28). The van der Waals surface area contributed by atoms with E-state index in [2.05, 4.69) is 30.5 Å². The van der Waals surface area contributed by atoms with Gasteiger partial charge in [-0.15, -0.1) is 0 Å². The molecule has 0 saturated heterocycles. The molecule has 9 heteroatoms. The molecule has 1 fully saturated rings. The van der Waals surface area contributed by atoms with Crippen LogP contribution in [0.2, 0.25) is 0 Å². The van der Waals surface area contributed by atoms with Crippen molar-refractivity contribution >= 4 is 28.4 Å². The molecular formula is C21H20N8O. The molecule has 1 aliphatic rings. The second kappa shape index (κ2) is 6.80. The summed E-state index contributed by atoms with van der Waals surface area (Å²) >= 11 is 0. The van der Waals surface area contributed by atoms with Gasteiger partial charge in [0.2, 0.25) is 5.95 Å². The number of aryl methyl sites for hydroxylation is 1. The monoisotopic (exact) mass is 400 g/mol. The average molecular weight is 400 g/mol. The number of aromatic amines is 1. The summed E-state index contributed by atoms with van der Waals surface area (Å²) in [6, 6.07) is 7.92. The van der Waals surface area contributed by atoms with Crippen molar-refractivity contribution in [2.75, 3.05) is 11.1 Å². The smallest absolute Gasteiger partial charge is 0.269 e. The van der Waals surface area contributed by atoms with Gasteiger partial charge >= 0.3 is 0 Å². The van der Waals surface area contributed by atoms with Crippen LogP contribution >= 0.6 is 0 Å². The van der Waals surface area contributed by atoms with Gasteiger partial charge in [0.15, 0.2) is 5.69 Å². The van der Waals surface area contributed by atoms with E-state index in [1.165, 1.54) is 0 Å². The highest BCUT2D eigenvalue weighted by Crippen LogP contribution is 2.37. The number of nitrogen functional groups attached to an aromatic ring is 1. The minimum absolute atomic E-state index is 0.0118. The normalized spacial score (nSPS) is 13.5. The number of carbonyl (C=O) groups is 1. The number of hydrogen-bond acceptors (Lipinski definition) is 7. The zero-order valence-electron chi connectivity index (χ0n) is 16.3. The fourth-order valence-corrected chi connectivity index (χ4v) is 3.55. The maximum absolute atomic E-state index is 12.1. The molecule has 30 heavy (non-hydrogen) atoms. The van der Waals surface area contributed by atoms with Crippen LogP contribution in [0, 0.1) is 6.92 Å². The van der Waals surface area contributed by atoms with Gasteiger partial charge in [-0.2, -0.15) is 5.10 Å². The lowest BCUT2D eigenvalue weighted by atomic mass is 9.94. The number of primary amides is 1. The van der Waals surface area contributed by atoms with Gasteiger partial charge in [0.25, 0.3) is 5.91 Å². The minimum atomic E-state index is -0.696. The maximum Gasteiger partial charge on any atom is 0.269 e. The van der Waals surface area contributed by atoms with E-state index in [4.69, 9.17) is 11.5 Å². The van der Waals surface area contributed by atoms with E-state index in [1.807, 2.05) is 25.1 Å².